The molecule has 0 saturated carbocycles. The van der Waals surface area contributed by atoms with Crippen LogP contribution in [0.4, 0.5) is 5.69 Å². The molecule has 0 atom stereocenters. The van der Waals surface area contributed by atoms with Crippen molar-refractivity contribution < 1.29 is 9.59 Å². The van der Waals surface area contributed by atoms with E-state index in [9.17, 15) is 9.59 Å². The molecule has 1 fully saturated rings. The van der Waals surface area contributed by atoms with Crippen molar-refractivity contribution in [2.24, 2.45) is 0 Å². The molecule has 3 rings (SSSR count). The van der Waals surface area contributed by atoms with E-state index in [1.165, 1.54) is 0 Å². The van der Waals surface area contributed by atoms with E-state index in [-0.39, 0.29) is 18.4 Å². The molecular weight excluding hydrogens is 376 g/mol. The minimum atomic E-state index is -0.0445. The lowest BCUT2D eigenvalue weighted by molar-refractivity contribution is -0.124. The maximum absolute atomic E-state index is 12.5. The normalized spacial score (nSPS) is 14.6. The summed E-state index contributed by atoms with van der Waals surface area (Å²) < 4.78 is 0. The number of halogens is 1. The highest BCUT2D eigenvalue weighted by molar-refractivity contribution is 6.30. The third-order valence-corrected chi connectivity index (χ3v) is 4.92. The zero-order chi connectivity index (χ0) is 19.9. The predicted molar refractivity (Wildman–Crippen MR) is 108 cm³/mol. The van der Waals surface area contributed by atoms with E-state index in [2.05, 4.69) is 11.4 Å². The number of amides is 2. The van der Waals surface area contributed by atoms with E-state index < -0.39 is 0 Å². The summed E-state index contributed by atoms with van der Waals surface area (Å²) in [5, 5.41) is 12.4. The summed E-state index contributed by atoms with van der Waals surface area (Å²) in [6, 6.07) is 16.4. The molecule has 28 heavy (non-hydrogen) atoms. The molecule has 1 heterocycles. The average Bonchev–Trinajstić information content (AvgIpc) is 2.72. The van der Waals surface area contributed by atoms with Gasteiger partial charge < -0.3 is 10.2 Å². The molecule has 2 aromatic rings. The molecule has 0 radical (unpaired) electrons. The van der Waals surface area contributed by atoms with Gasteiger partial charge in [0.05, 0.1) is 18.2 Å². The van der Waals surface area contributed by atoms with Crippen molar-refractivity contribution >= 4 is 29.1 Å². The lowest BCUT2D eigenvalue weighted by Crippen LogP contribution is -2.51. The first-order chi connectivity index (χ1) is 13.5. The molecule has 1 aliphatic rings. The Morgan fingerprint density at radius 3 is 2.46 bits per heavy atom. The summed E-state index contributed by atoms with van der Waals surface area (Å²) in [5.41, 5.74) is 2.35. The fraction of sp³-hybridized carbons (Fsp3) is 0.286. The molecule has 0 unspecified atom stereocenters. The maximum atomic E-state index is 12.5. The van der Waals surface area contributed by atoms with Crippen LogP contribution in [0.3, 0.4) is 0 Å². The van der Waals surface area contributed by atoms with Crippen LogP contribution in [-0.2, 0) is 16.1 Å². The van der Waals surface area contributed by atoms with Crippen LogP contribution in [0.25, 0.3) is 0 Å². The molecule has 2 aromatic carbocycles. The Bertz CT molecular complexity index is 875. The van der Waals surface area contributed by atoms with Gasteiger partial charge in [-0.05, 0) is 42.0 Å². The van der Waals surface area contributed by atoms with Gasteiger partial charge in [-0.2, -0.15) is 5.26 Å². The van der Waals surface area contributed by atoms with E-state index >= 15 is 0 Å². The molecule has 0 aromatic heterocycles. The highest BCUT2D eigenvalue weighted by Gasteiger charge is 2.25. The van der Waals surface area contributed by atoms with Crippen LogP contribution in [0.1, 0.15) is 17.5 Å². The predicted octanol–water partition coefficient (Wildman–Crippen LogP) is 2.57. The van der Waals surface area contributed by atoms with Crippen molar-refractivity contribution in [2.45, 2.75) is 13.0 Å². The first-order valence-electron chi connectivity index (χ1n) is 9.09. The monoisotopic (exact) mass is 396 g/mol. The molecule has 1 saturated heterocycles. The minimum Gasteiger partial charge on any atom is -0.352 e. The average molecular weight is 397 g/mol. The third-order valence-electron chi connectivity index (χ3n) is 4.67. The molecular formula is C21H21ClN4O2. The van der Waals surface area contributed by atoms with Crippen LogP contribution in [0.2, 0.25) is 5.02 Å². The van der Waals surface area contributed by atoms with Crippen molar-refractivity contribution in [3.63, 3.8) is 0 Å². The second-order valence-electron chi connectivity index (χ2n) is 6.63. The number of hydrogen-bond donors (Lipinski definition) is 1. The Morgan fingerprint density at radius 2 is 1.82 bits per heavy atom. The SMILES string of the molecule is N#Cc1ccc(N2CCN(CCC(=O)NCc3ccc(Cl)cc3)CC2=O)cc1. The highest BCUT2D eigenvalue weighted by atomic mass is 35.5. The first kappa shape index (κ1) is 19.9. The van der Waals surface area contributed by atoms with E-state index in [1.807, 2.05) is 17.0 Å². The van der Waals surface area contributed by atoms with Crippen LogP contribution in [0.5, 0.6) is 0 Å². The number of rotatable bonds is 6. The van der Waals surface area contributed by atoms with Gasteiger partial charge in [0.15, 0.2) is 0 Å². The van der Waals surface area contributed by atoms with Crippen LogP contribution in [-0.4, -0.2) is 42.9 Å². The Morgan fingerprint density at radius 1 is 1.11 bits per heavy atom. The fourth-order valence-electron chi connectivity index (χ4n) is 3.05. The Hall–Kier alpha value is -2.88. The third kappa shape index (κ3) is 5.32. The number of carbonyl (C=O) groups excluding carboxylic acids is 2. The summed E-state index contributed by atoms with van der Waals surface area (Å²) in [4.78, 5) is 28.2. The Kier molecular flexibility index (Phi) is 6.64. The topological polar surface area (TPSA) is 76.4 Å². The Balaban J connectivity index is 1.42. The summed E-state index contributed by atoms with van der Waals surface area (Å²) in [5.74, 6) is -0.0468. The van der Waals surface area contributed by atoms with E-state index in [1.54, 1.807) is 41.3 Å². The van der Waals surface area contributed by atoms with E-state index in [0.29, 0.717) is 43.2 Å². The lowest BCUT2D eigenvalue weighted by atomic mass is 10.2. The molecule has 1 N–H and O–H groups in total. The summed E-state index contributed by atoms with van der Waals surface area (Å²) in [6.07, 6.45) is 0.345. The van der Waals surface area contributed by atoms with Crippen LogP contribution >= 0.6 is 11.6 Å². The summed E-state index contributed by atoms with van der Waals surface area (Å²) in [7, 11) is 0. The van der Waals surface area contributed by atoms with Gasteiger partial charge >= 0.3 is 0 Å². The molecule has 144 valence electrons. The van der Waals surface area contributed by atoms with Gasteiger partial charge in [-0.3, -0.25) is 14.5 Å². The van der Waals surface area contributed by atoms with Crippen molar-refractivity contribution in [3.05, 3.63) is 64.7 Å². The fourth-order valence-corrected chi connectivity index (χ4v) is 3.18. The number of nitrogens with zero attached hydrogens (tertiary/aromatic N) is 3. The second kappa shape index (κ2) is 9.36. The molecule has 7 heteroatoms. The van der Waals surface area contributed by atoms with E-state index in [4.69, 9.17) is 16.9 Å². The van der Waals surface area contributed by atoms with Crippen LogP contribution in [0.15, 0.2) is 48.5 Å². The smallest absolute Gasteiger partial charge is 0.241 e. The minimum absolute atomic E-state index is 0.00229. The molecule has 0 bridgehead atoms. The number of benzene rings is 2. The van der Waals surface area contributed by atoms with Gasteiger partial charge in [0.1, 0.15) is 0 Å². The van der Waals surface area contributed by atoms with Crippen molar-refractivity contribution in [3.8, 4) is 6.07 Å². The second-order valence-corrected chi connectivity index (χ2v) is 7.07. The lowest BCUT2D eigenvalue weighted by Gasteiger charge is -2.34. The summed E-state index contributed by atoms with van der Waals surface area (Å²) in [6.45, 7) is 2.55. The van der Waals surface area contributed by atoms with Gasteiger partial charge in [-0.25, -0.2) is 0 Å². The number of anilines is 1. The van der Waals surface area contributed by atoms with E-state index in [0.717, 1.165) is 11.3 Å². The maximum Gasteiger partial charge on any atom is 0.241 e. The quantitative estimate of drug-likeness (QED) is 0.814. The highest BCUT2D eigenvalue weighted by Crippen LogP contribution is 2.18. The number of nitriles is 1. The van der Waals surface area contributed by atoms with Gasteiger partial charge in [0.25, 0.3) is 0 Å². The van der Waals surface area contributed by atoms with Crippen LogP contribution in [0, 0.1) is 11.3 Å². The Labute approximate surface area is 169 Å². The van der Waals surface area contributed by atoms with Gasteiger partial charge in [-0.1, -0.05) is 23.7 Å². The molecule has 1 aliphatic heterocycles. The van der Waals surface area contributed by atoms with Crippen molar-refractivity contribution in [1.29, 1.82) is 5.26 Å². The number of carbonyl (C=O) groups is 2. The zero-order valence-electron chi connectivity index (χ0n) is 15.4. The summed E-state index contributed by atoms with van der Waals surface area (Å²) >= 11 is 5.85. The van der Waals surface area contributed by atoms with Crippen molar-refractivity contribution in [2.75, 3.05) is 31.1 Å². The van der Waals surface area contributed by atoms with Crippen molar-refractivity contribution in [1.82, 2.24) is 10.2 Å². The standard InChI is InChI=1S/C21H21ClN4O2/c22-18-5-1-17(2-6-18)14-24-20(27)9-10-25-11-12-26(21(28)15-25)19-7-3-16(13-23)4-8-19/h1-8H,9-12,14-15H2,(H,24,27). The number of piperazine rings is 1. The first-order valence-corrected chi connectivity index (χ1v) is 9.47. The van der Waals surface area contributed by atoms with Gasteiger partial charge in [0.2, 0.25) is 11.8 Å². The van der Waals surface area contributed by atoms with Gasteiger partial charge in [0, 0.05) is 43.3 Å². The molecule has 0 spiro atoms. The molecule has 2 amide bonds. The van der Waals surface area contributed by atoms with Crippen LogP contribution < -0.4 is 10.2 Å². The largest absolute Gasteiger partial charge is 0.352 e. The molecule has 6 nitrogen and oxygen atoms in total. The zero-order valence-corrected chi connectivity index (χ0v) is 16.2. The number of nitrogens with one attached hydrogen (secondary N) is 1. The molecule has 0 aliphatic carbocycles. The number of hydrogen-bond acceptors (Lipinski definition) is 4. The van der Waals surface area contributed by atoms with Gasteiger partial charge in [-0.15, -0.1) is 0 Å².